The van der Waals surface area contributed by atoms with Gasteiger partial charge in [-0.05, 0) is 44.4 Å². The number of hydrogen-bond acceptors (Lipinski definition) is 2. The molecule has 0 saturated heterocycles. The van der Waals surface area contributed by atoms with Gasteiger partial charge in [0.05, 0.1) is 6.54 Å². The van der Waals surface area contributed by atoms with Gasteiger partial charge in [0.1, 0.15) is 0 Å². The summed E-state index contributed by atoms with van der Waals surface area (Å²) in [5.41, 5.74) is 1.76. The standard InChI is InChI=1S/C18H30N4O/c1-6-19-17(23)16-10-8-15(9-11-16)12-21-18(20-7-2)22-14(5)13(3)4/h8-11,13-14H,6-7,12H2,1-5H3,(H,19,23)(H2,20,21,22). The van der Waals surface area contributed by atoms with E-state index in [4.69, 9.17) is 0 Å². The molecule has 0 aliphatic heterocycles. The van der Waals surface area contributed by atoms with Crippen LogP contribution in [0.25, 0.3) is 0 Å². The molecular weight excluding hydrogens is 288 g/mol. The first kappa shape index (κ1) is 19.0. The second kappa shape index (κ2) is 9.87. The summed E-state index contributed by atoms with van der Waals surface area (Å²) in [7, 11) is 0. The fraction of sp³-hybridized carbons (Fsp3) is 0.556. The van der Waals surface area contributed by atoms with E-state index in [1.165, 1.54) is 0 Å². The molecule has 1 unspecified atom stereocenters. The van der Waals surface area contributed by atoms with Gasteiger partial charge in [0, 0.05) is 24.7 Å². The predicted octanol–water partition coefficient (Wildman–Crippen LogP) is 2.54. The van der Waals surface area contributed by atoms with Crippen LogP contribution in [0.5, 0.6) is 0 Å². The van der Waals surface area contributed by atoms with Crippen molar-refractivity contribution >= 4 is 11.9 Å². The summed E-state index contributed by atoms with van der Waals surface area (Å²) < 4.78 is 0. The molecule has 0 bridgehead atoms. The molecule has 0 spiro atoms. The Morgan fingerprint density at radius 3 is 2.17 bits per heavy atom. The van der Waals surface area contributed by atoms with Crippen LogP contribution in [-0.2, 0) is 6.54 Å². The summed E-state index contributed by atoms with van der Waals surface area (Å²) in [6, 6.07) is 7.93. The molecule has 1 aromatic rings. The summed E-state index contributed by atoms with van der Waals surface area (Å²) in [5, 5.41) is 9.46. The molecule has 0 heterocycles. The normalized spacial score (nSPS) is 12.9. The Morgan fingerprint density at radius 1 is 1.04 bits per heavy atom. The van der Waals surface area contributed by atoms with Crippen LogP contribution in [0.15, 0.2) is 29.3 Å². The zero-order valence-electron chi connectivity index (χ0n) is 14.9. The average molecular weight is 318 g/mol. The third-order valence-electron chi connectivity index (χ3n) is 3.68. The van der Waals surface area contributed by atoms with Crippen molar-refractivity contribution in [2.24, 2.45) is 10.9 Å². The van der Waals surface area contributed by atoms with Gasteiger partial charge >= 0.3 is 0 Å². The quantitative estimate of drug-likeness (QED) is 0.535. The van der Waals surface area contributed by atoms with Gasteiger partial charge in [0.25, 0.3) is 5.91 Å². The van der Waals surface area contributed by atoms with Crippen LogP contribution in [0.4, 0.5) is 0 Å². The summed E-state index contributed by atoms with van der Waals surface area (Å²) in [6.45, 7) is 12.5. The Hall–Kier alpha value is -2.04. The third kappa shape index (κ3) is 6.72. The highest BCUT2D eigenvalue weighted by Gasteiger charge is 2.09. The van der Waals surface area contributed by atoms with Gasteiger partial charge in [-0.25, -0.2) is 4.99 Å². The van der Waals surface area contributed by atoms with Crippen LogP contribution in [-0.4, -0.2) is 31.0 Å². The smallest absolute Gasteiger partial charge is 0.251 e. The van der Waals surface area contributed by atoms with E-state index in [1.54, 1.807) is 0 Å². The lowest BCUT2D eigenvalue weighted by molar-refractivity contribution is 0.0956. The van der Waals surface area contributed by atoms with E-state index in [2.05, 4.69) is 48.6 Å². The van der Waals surface area contributed by atoms with Gasteiger partial charge in [-0.3, -0.25) is 4.79 Å². The Kier molecular flexibility index (Phi) is 8.16. The van der Waals surface area contributed by atoms with Crippen molar-refractivity contribution < 1.29 is 4.79 Å². The number of carbonyl (C=O) groups excluding carboxylic acids is 1. The number of carbonyl (C=O) groups is 1. The van der Waals surface area contributed by atoms with Gasteiger partial charge in [0.2, 0.25) is 0 Å². The maximum absolute atomic E-state index is 11.7. The van der Waals surface area contributed by atoms with Crippen LogP contribution < -0.4 is 16.0 Å². The SMILES string of the molecule is CCNC(=O)c1ccc(CN=C(NCC)NC(C)C(C)C)cc1. The van der Waals surface area contributed by atoms with Crippen LogP contribution >= 0.6 is 0 Å². The van der Waals surface area contributed by atoms with Crippen LogP contribution in [0.3, 0.4) is 0 Å². The molecule has 0 fully saturated rings. The van der Waals surface area contributed by atoms with E-state index < -0.39 is 0 Å². The Bertz CT molecular complexity index is 508. The van der Waals surface area contributed by atoms with Crippen LogP contribution in [0.2, 0.25) is 0 Å². The lowest BCUT2D eigenvalue weighted by atomic mass is 10.1. The highest BCUT2D eigenvalue weighted by atomic mass is 16.1. The highest BCUT2D eigenvalue weighted by molar-refractivity contribution is 5.94. The minimum Gasteiger partial charge on any atom is -0.357 e. The minimum atomic E-state index is -0.0386. The highest BCUT2D eigenvalue weighted by Crippen LogP contribution is 2.06. The first-order chi connectivity index (χ1) is 11.0. The summed E-state index contributed by atoms with van der Waals surface area (Å²) in [5.74, 6) is 1.32. The van der Waals surface area contributed by atoms with E-state index in [0.717, 1.165) is 18.1 Å². The molecule has 1 amide bonds. The first-order valence-electron chi connectivity index (χ1n) is 8.39. The lowest BCUT2D eigenvalue weighted by Gasteiger charge is -2.20. The molecule has 0 aliphatic carbocycles. The number of guanidine groups is 1. The molecule has 5 nitrogen and oxygen atoms in total. The summed E-state index contributed by atoms with van der Waals surface area (Å²) in [4.78, 5) is 16.3. The van der Waals surface area contributed by atoms with Gasteiger partial charge in [-0.2, -0.15) is 0 Å². The molecule has 1 aromatic carbocycles. The van der Waals surface area contributed by atoms with Crippen molar-refractivity contribution in [1.82, 2.24) is 16.0 Å². The number of benzene rings is 1. The Morgan fingerprint density at radius 2 is 1.65 bits per heavy atom. The number of rotatable bonds is 7. The molecule has 0 aromatic heterocycles. The average Bonchev–Trinajstić information content (AvgIpc) is 2.53. The second-order valence-electron chi connectivity index (χ2n) is 5.93. The molecule has 3 N–H and O–H groups in total. The number of nitrogens with one attached hydrogen (secondary N) is 3. The fourth-order valence-electron chi connectivity index (χ4n) is 1.90. The molecule has 0 radical (unpaired) electrons. The maximum Gasteiger partial charge on any atom is 0.251 e. The van der Waals surface area contributed by atoms with Crippen molar-refractivity contribution in [3.8, 4) is 0 Å². The third-order valence-corrected chi connectivity index (χ3v) is 3.68. The largest absolute Gasteiger partial charge is 0.357 e. The van der Waals surface area contributed by atoms with Crippen molar-refractivity contribution in [1.29, 1.82) is 0 Å². The van der Waals surface area contributed by atoms with Crippen molar-refractivity contribution in [3.63, 3.8) is 0 Å². The lowest BCUT2D eigenvalue weighted by Crippen LogP contribution is -2.44. The number of nitrogens with zero attached hydrogens (tertiary/aromatic N) is 1. The monoisotopic (exact) mass is 318 g/mol. The molecule has 0 aliphatic rings. The molecule has 0 saturated carbocycles. The molecule has 23 heavy (non-hydrogen) atoms. The maximum atomic E-state index is 11.7. The van der Waals surface area contributed by atoms with E-state index in [0.29, 0.717) is 30.6 Å². The van der Waals surface area contributed by atoms with Crippen molar-refractivity contribution in [3.05, 3.63) is 35.4 Å². The van der Waals surface area contributed by atoms with Crippen LogP contribution in [0.1, 0.15) is 50.5 Å². The van der Waals surface area contributed by atoms with Gasteiger partial charge in [0.15, 0.2) is 5.96 Å². The fourth-order valence-corrected chi connectivity index (χ4v) is 1.90. The summed E-state index contributed by atoms with van der Waals surface area (Å²) in [6.07, 6.45) is 0. The van der Waals surface area contributed by atoms with Gasteiger partial charge < -0.3 is 16.0 Å². The topological polar surface area (TPSA) is 65.5 Å². The molecule has 128 valence electrons. The Balaban J connectivity index is 2.70. The van der Waals surface area contributed by atoms with Crippen molar-refractivity contribution in [2.75, 3.05) is 13.1 Å². The molecule has 1 atom stereocenters. The first-order valence-corrected chi connectivity index (χ1v) is 8.39. The second-order valence-corrected chi connectivity index (χ2v) is 5.93. The number of hydrogen-bond donors (Lipinski definition) is 3. The number of aliphatic imine (C=N–C) groups is 1. The van der Waals surface area contributed by atoms with E-state index in [-0.39, 0.29) is 5.91 Å². The predicted molar refractivity (Wildman–Crippen MR) is 96.7 cm³/mol. The minimum absolute atomic E-state index is 0.0386. The summed E-state index contributed by atoms with van der Waals surface area (Å²) >= 11 is 0. The molecule has 1 rings (SSSR count). The zero-order valence-corrected chi connectivity index (χ0v) is 14.9. The molecular formula is C18H30N4O. The zero-order chi connectivity index (χ0) is 17.2. The van der Waals surface area contributed by atoms with Gasteiger partial charge in [-0.15, -0.1) is 0 Å². The van der Waals surface area contributed by atoms with E-state index in [1.807, 2.05) is 31.2 Å². The van der Waals surface area contributed by atoms with Crippen molar-refractivity contribution in [2.45, 2.75) is 47.2 Å². The van der Waals surface area contributed by atoms with Crippen LogP contribution in [0, 0.1) is 5.92 Å². The Labute approximate surface area is 140 Å². The molecule has 5 heteroatoms. The van der Waals surface area contributed by atoms with E-state index in [9.17, 15) is 4.79 Å². The number of amides is 1. The van der Waals surface area contributed by atoms with E-state index >= 15 is 0 Å². The van der Waals surface area contributed by atoms with Gasteiger partial charge in [-0.1, -0.05) is 26.0 Å².